The van der Waals surface area contributed by atoms with Crippen LogP contribution in [0.15, 0.2) is 60.8 Å². The van der Waals surface area contributed by atoms with Crippen molar-refractivity contribution in [2.75, 3.05) is 6.54 Å². The molecule has 0 bridgehead atoms. The summed E-state index contributed by atoms with van der Waals surface area (Å²) in [5.41, 5.74) is 10.1. The van der Waals surface area contributed by atoms with Crippen LogP contribution in [-0.4, -0.2) is 16.5 Å². The molecule has 3 heteroatoms. The molecule has 0 unspecified atom stereocenters. The summed E-state index contributed by atoms with van der Waals surface area (Å²) in [6, 6.07) is 18.9. The Labute approximate surface area is 124 Å². The van der Waals surface area contributed by atoms with Crippen molar-refractivity contribution in [3.8, 4) is 22.4 Å². The van der Waals surface area contributed by atoms with E-state index < -0.39 is 0 Å². The van der Waals surface area contributed by atoms with E-state index in [1.165, 1.54) is 11.1 Å². The molecule has 3 nitrogen and oxygen atoms in total. The van der Waals surface area contributed by atoms with Gasteiger partial charge in [-0.1, -0.05) is 54.6 Å². The predicted octanol–water partition coefficient (Wildman–Crippen LogP) is 3.64. The van der Waals surface area contributed by atoms with Gasteiger partial charge in [-0.15, -0.1) is 0 Å². The molecule has 0 saturated heterocycles. The number of benzene rings is 2. The highest BCUT2D eigenvalue weighted by Gasteiger charge is 2.04. The second kappa shape index (κ2) is 6.37. The standard InChI is InChI=1S/C18H19N3/c19-12-4-7-18-20-13-17(21-18)16-10-8-15(9-11-16)14-5-2-1-3-6-14/h1-3,5-6,8-11,13H,4,7,12,19H2,(H,20,21). The Hall–Kier alpha value is -2.39. The Morgan fingerprint density at radius 1 is 0.857 bits per heavy atom. The molecule has 0 spiro atoms. The zero-order valence-electron chi connectivity index (χ0n) is 11.9. The van der Waals surface area contributed by atoms with Gasteiger partial charge in [0.1, 0.15) is 5.82 Å². The molecule has 3 aromatic rings. The molecule has 3 N–H and O–H groups in total. The van der Waals surface area contributed by atoms with Crippen LogP contribution in [0.25, 0.3) is 22.4 Å². The summed E-state index contributed by atoms with van der Waals surface area (Å²) in [6.07, 6.45) is 3.82. The molecule has 0 aliphatic carbocycles. The maximum absolute atomic E-state index is 5.52. The van der Waals surface area contributed by atoms with Gasteiger partial charge in [0.05, 0.1) is 5.69 Å². The monoisotopic (exact) mass is 277 g/mol. The van der Waals surface area contributed by atoms with Gasteiger partial charge < -0.3 is 10.7 Å². The van der Waals surface area contributed by atoms with Crippen molar-refractivity contribution in [1.29, 1.82) is 0 Å². The van der Waals surface area contributed by atoms with E-state index in [0.29, 0.717) is 6.54 Å². The van der Waals surface area contributed by atoms with E-state index in [4.69, 9.17) is 5.73 Å². The van der Waals surface area contributed by atoms with E-state index in [0.717, 1.165) is 29.9 Å². The Balaban J connectivity index is 1.79. The third kappa shape index (κ3) is 3.20. The van der Waals surface area contributed by atoms with Crippen LogP contribution in [0, 0.1) is 0 Å². The highest BCUT2D eigenvalue weighted by molar-refractivity contribution is 5.68. The van der Waals surface area contributed by atoms with E-state index in [-0.39, 0.29) is 0 Å². The quantitative estimate of drug-likeness (QED) is 0.748. The topological polar surface area (TPSA) is 54.7 Å². The number of hydrogen-bond acceptors (Lipinski definition) is 2. The van der Waals surface area contributed by atoms with Crippen molar-refractivity contribution in [1.82, 2.24) is 9.97 Å². The number of aromatic amines is 1. The number of nitrogens with two attached hydrogens (primary N) is 1. The van der Waals surface area contributed by atoms with Crippen molar-refractivity contribution >= 4 is 0 Å². The highest BCUT2D eigenvalue weighted by Crippen LogP contribution is 2.23. The Morgan fingerprint density at radius 2 is 1.52 bits per heavy atom. The summed E-state index contributed by atoms with van der Waals surface area (Å²) in [5, 5.41) is 0. The maximum Gasteiger partial charge on any atom is 0.106 e. The lowest BCUT2D eigenvalue weighted by atomic mass is 10.0. The van der Waals surface area contributed by atoms with Gasteiger partial charge in [-0.25, -0.2) is 4.98 Å². The average molecular weight is 277 g/mol. The maximum atomic E-state index is 5.52. The van der Waals surface area contributed by atoms with Gasteiger partial charge in [0.15, 0.2) is 0 Å². The van der Waals surface area contributed by atoms with Gasteiger partial charge in [-0.3, -0.25) is 0 Å². The molecule has 0 atom stereocenters. The molecule has 0 saturated carbocycles. The first-order valence-corrected chi connectivity index (χ1v) is 7.27. The molecule has 106 valence electrons. The molecule has 1 heterocycles. The lowest BCUT2D eigenvalue weighted by molar-refractivity contribution is 0.794. The predicted molar refractivity (Wildman–Crippen MR) is 86.8 cm³/mol. The van der Waals surface area contributed by atoms with E-state index in [1.807, 2.05) is 12.3 Å². The van der Waals surface area contributed by atoms with E-state index in [9.17, 15) is 0 Å². The second-order valence-electron chi connectivity index (χ2n) is 5.07. The number of hydrogen-bond donors (Lipinski definition) is 2. The number of aryl methyl sites for hydroxylation is 1. The van der Waals surface area contributed by atoms with Crippen molar-refractivity contribution in [2.45, 2.75) is 12.8 Å². The fraction of sp³-hybridized carbons (Fsp3) is 0.167. The lowest BCUT2D eigenvalue weighted by Gasteiger charge is -2.02. The lowest BCUT2D eigenvalue weighted by Crippen LogP contribution is -2.01. The molecule has 1 aromatic heterocycles. The minimum absolute atomic E-state index is 0.696. The van der Waals surface area contributed by atoms with E-state index in [2.05, 4.69) is 58.5 Å². The zero-order chi connectivity index (χ0) is 14.5. The van der Waals surface area contributed by atoms with Gasteiger partial charge in [-0.05, 0) is 24.1 Å². The first-order valence-electron chi connectivity index (χ1n) is 7.27. The van der Waals surface area contributed by atoms with E-state index in [1.54, 1.807) is 0 Å². The summed E-state index contributed by atoms with van der Waals surface area (Å²) < 4.78 is 0. The fourth-order valence-electron chi connectivity index (χ4n) is 2.37. The van der Waals surface area contributed by atoms with Crippen molar-refractivity contribution < 1.29 is 0 Å². The molecule has 2 aromatic carbocycles. The number of rotatable bonds is 5. The van der Waals surface area contributed by atoms with Crippen LogP contribution in [0.5, 0.6) is 0 Å². The number of aromatic nitrogens is 2. The SMILES string of the molecule is NCCCc1nc(-c2ccc(-c3ccccc3)cc2)c[nH]1. The summed E-state index contributed by atoms with van der Waals surface area (Å²) in [6.45, 7) is 0.696. The van der Waals surface area contributed by atoms with Gasteiger partial charge >= 0.3 is 0 Å². The van der Waals surface area contributed by atoms with Crippen LogP contribution in [0.2, 0.25) is 0 Å². The average Bonchev–Trinajstić information content (AvgIpc) is 3.03. The summed E-state index contributed by atoms with van der Waals surface area (Å²) in [4.78, 5) is 7.83. The summed E-state index contributed by atoms with van der Waals surface area (Å²) >= 11 is 0. The van der Waals surface area contributed by atoms with Crippen molar-refractivity contribution in [2.24, 2.45) is 5.73 Å². The summed E-state index contributed by atoms with van der Waals surface area (Å²) in [7, 11) is 0. The van der Waals surface area contributed by atoms with Crippen LogP contribution in [0.1, 0.15) is 12.2 Å². The molecule has 0 fully saturated rings. The van der Waals surface area contributed by atoms with Gasteiger partial charge in [-0.2, -0.15) is 0 Å². The molecule has 0 radical (unpaired) electrons. The largest absolute Gasteiger partial charge is 0.348 e. The molecular weight excluding hydrogens is 258 g/mol. The molecule has 3 rings (SSSR count). The van der Waals surface area contributed by atoms with Crippen LogP contribution in [0.4, 0.5) is 0 Å². The Bertz CT molecular complexity index is 684. The summed E-state index contributed by atoms with van der Waals surface area (Å²) in [5.74, 6) is 1.00. The number of H-pyrrole nitrogens is 1. The third-order valence-electron chi connectivity index (χ3n) is 3.54. The van der Waals surface area contributed by atoms with Gasteiger partial charge in [0.25, 0.3) is 0 Å². The van der Waals surface area contributed by atoms with Crippen LogP contribution in [0.3, 0.4) is 0 Å². The normalized spacial score (nSPS) is 10.7. The Morgan fingerprint density at radius 3 is 2.24 bits per heavy atom. The molecule has 21 heavy (non-hydrogen) atoms. The van der Waals surface area contributed by atoms with Crippen LogP contribution in [-0.2, 0) is 6.42 Å². The first kappa shape index (κ1) is 13.6. The second-order valence-corrected chi connectivity index (χ2v) is 5.07. The van der Waals surface area contributed by atoms with Crippen LogP contribution < -0.4 is 5.73 Å². The third-order valence-corrected chi connectivity index (χ3v) is 3.54. The molecule has 0 amide bonds. The Kier molecular flexibility index (Phi) is 4.12. The minimum Gasteiger partial charge on any atom is -0.348 e. The van der Waals surface area contributed by atoms with Gasteiger partial charge in [0, 0.05) is 18.2 Å². The highest BCUT2D eigenvalue weighted by atomic mass is 14.9. The van der Waals surface area contributed by atoms with E-state index >= 15 is 0 Å². The van der Waals surface area contributed by atoms with Gasteiger partial charge in [0.2, 0.25) is 0 Å². The van der Waals surface area contributed by atoms with Crippen molar-refractivity contribution in [3.63, 3.8) is 0 Å². The fourth-order valence-corrected chi connectivity index (χ4v) is 2.37. The zero-order valence-corrected chi connectivity index (χ0v) is 11.9. The molecule has 0 aliphatic rings. The molecular formula is C18H19N3. The van der Waals surface area contributed by atoms with Crippen LogP contribution >= 0.6 is 0 Å². The first-order chi connectivity index (χ1) is 10.4. The minimum atomic E-state index is 0.696. The smallest absolute Gasteiger partial charge is 0.106 e. The number of nitrogens with zero attached hydrogens (tertiary/aromatic N) is 1. The molecule has 0 aliphatic heterocycles. The number of nitrogens with one attached hydrogen (secondary N) is 1. The van der Waals surface area contributed by atoms with Crippen molar-refractivity contribution in [3.05, 3.63) is 66.6 Å². The number of imidazole rings is 1.